The Morgan fingerprint density at radius 1 is 1.20 bits per heavy atom. The molecule has 25 heavy (non-hydrogen) atoms. The maximum Gasteiger partial charge on any atom is 0.173 e. The third-order valence-corrected chi connectivity index (χ3v) is 5.34. The first-order valence-electron chi connectivity index (χ1n) is 8.00. The molecule has 1 aliphatic heterocycles. The van der Waals surface area contributed by atoms with E-state index in [0.29, 0.717) is 22.1 Å². The fourth-order valence-electron chi connectivity index (χ4n) is 3.25. The molecule has 0 radical (unpaired) electrons. The third kappa shape index (κ3) is 2.94. The largest absolute Gasteiger partial charge is 0.380 e. The number of halogens is 2. The Hall–Kier alpha value is -1.89. The fraction of sp³-hybridized carbons (Fsp3) is 0.353. The Balaban J connectivity index is 1.78. The van der Waals surface area contributed by atoms with Gasteiger partial charge >= 0.3 is 0 Å². The summed E-state index contributed by atoms with van der Waals surface area (Å²) in [6.45, 7) is 2.60. The van der Waals surface area contributed by atoms with Gasteiger partial charge in [-0.1, -0.05) is 29.3 Å². The van der Waals surface area contributed by atoms with E-state index >= 15 is 0 Å². The van der Waals surface area contributed by atoms with Gasteiger partial charge in [-0.3, -0.25) is 5.10 Å². The van der Waals surface area contributed by atoms with E-state index in [-0.39, 0.29) is 12.1 Å². The lowest BCUT2D eigenvalue weighted by Crippen LogP contribution is -2.26. The average Bonchev–Trinajstić information content (AvgIpc) is 3.24. The summed E-state index contributed by atoms with van der Waals surface area (Å²) in [6, 6.07) is 7.68. The van der Waals surface area contributed by atoms with Gasteiger partial charge in [0, 0.05) is 25.5 Å². The molecule has 1 aliphatic rings. The lowest BCUT2D eigenvalue weighted by atomic mass is 10.2. The van der Waals surface area contributed by atoms with Crippen molar-refractivity contribution in [2.75, 3.05) is 18.6 Å². The number of fused-ring (bicyclic) bond motifs is 1. The monoisotopic (exact) mass is 377 g/mol. The molecule has 1 saturated heterocycles. The number of hydrogen-bond acceptors (Lipinski definition) is 5. The number of methoxy groups -OCH3 is 1. The lowest BCUT2D eigenvalue weighted by Gasteiger charge is -2.23. The molecule has 4 rings (SSSR count). The first-order chi connectivity index (χ1) is 12.1. The highest BCUT2D eigenvalue weighted by Crippen LogP contribution is 2.37. The number of hydrogen-bond donors (Lipinski definition) is 1. The van der Waals surface area contributed by atoms with Gasteiger partial charge in [-0.25, -0.2) is 9.97 Å². The van der Waals surface area contributed by atoms with Crippen molar-refractivity contribution >= 4 is 39.9 Å². The van der Waals surface area contributed by atoms with Crippen LogP contribution in [-0.4, -0.2) is 39.9 Å². The molecule has 0 saturated carbocycles. The molecule has 0 unspecified atom stereocenters. The van der Waals surface area contributed by atoms with E-state index in [4.69, 9.17) is 32.9 Å². The van der Waals surface area contributed by atoms with Gasteiger partial charge in [-0.15, -0.1) is 0 Å². The van der Waals surface area contributed by atoms with Gasteiger partial charge in [0.1, 0.15) is 11.6 Å². The zero-order valence-electron chi connectivity index (χ0n) is 13.8. The first kappa shape index (κ1) is 16.6. The molecule has 3 aromatic rings. The number of pyridine rings is 1. The molecule has 1 aromatic carbocycles. The van der Waals surface area contributed by atoms with Crippen LogP contribution < -0.4 is 4.90 Å². The van der Waals surface area contributed by atoms with Crippen molar-refractivity contribution in [3.63, 3.8) is 0 Å². The molecule has 8 heteroatoms. The smallest absolute Gasteiger partial charge is 0.173 e. The van der Waals surface area contributed by atoms with Gasteiger partial charge < -0.3 is 9.64 Å². The van der Waals surface area contributed by atoms with E-state index in [1.54, 1.807) is 13.2 Å². The Morgan fingerprint density at radius 3 is 2.72 bits per heavy atom. The third-order valence-electron chi connectivity index (χ3n) is 4.54. The summed E-state index contributed by atoms with van der Waals surface area (Å²) in [5.41, 5.74) is 0.692. The molecule has 6 nitrogen and oxygen atoms in total. The van der Waals surface area contributed by atoms with Crippen molar-refractivity contribution in [2.24, 2.45) is 0 Å². The van der Waals surface area contributed by atoms with E-state index in [0.717, 1.165) is 29.3 Å². The van der Waals surface area contributed by atoms with Crippen LogP contribution >= 0.6 is 23.2 Å². The van der Waals surface area contributed by atoms with Gasteiger partial charge in [0.25, 0.3) is 0 Å². The molecule has 1 fully saturated rings. The van der Waals surface area contributed by atoms with Crippen LogP contribution in [0.3, 0.4) is 0 Å². The number of nitrogens with one attached hydrogen (secondary N) is 1. The summed E-state index contributed by atoms with van der Waals surface area (Å²) >= 11 is 12.5. The quantitative estimate of drug-likeness (QED) is 0.748. The van der Waals surface area contributed by atoms with Crippen LogP contribution in [0.1, 0.15) is 24.1 Å². The van der Waals surface area contributed by atoms with Gasteiger partial charge in [-0.2, -0.15) is 5.10 Å². The second kappa shape index (κ2) is 6.44. The maximum absolute atomic E-state index is 6.35. The van der Waals surface area contributed by atoms with E-state index in [1.165, 1.54) is 0 Å². The van der Waals surface area contributed by atoms with E-state index in [1.807, 2.05) is 25.1 Å². The number of aromatic nitrogens is 4. The van der Waals surface area contributed by atoms with E-state index in [2.05, 4.69) is 20.1 Å². The van der Waals surface area contributed by atoms with Crippen molar-refractivity contribution in [1.29, 1.82) is 0 Å². The fourth-order valence-corrected chi connectivity index (χ4v) is 3.62. The molecule has 1 N–H and O–H groups in total. The van der Waals surface area contributed by atoms with Crippen LogP contribution in [0.2, 0.25) is 10.0 Å². The Labute approximate surface area is 155 Å². The lowest BCUT2D eigenvalue weighted by molar-refractivity contribution is 0.118. The van der Waals surface area contributed by atoms with Gasteiger partial charge in [-0.05, 0) is 25.1 Å². The number of nitrogens with zero attached hydrogens (tertiary/aromatic N) is 4. The number of aryl methyl sites for hydroxylation is 1. The topological polar surface area (TPSA) is 66.9 Å². The number of benzene rings is 1. The molecule has 2 aromatic heterocycles. The Kier molecular flexibility index (Phi) is 4.27. The number of H-pyrrole nitrogens is 1. The number of ether oxygens (including phenoxy) is 1. The van der Waals surface area contributed by atoms with Gasteiger partial charge in [0.15, 0.2) is 5.82 Å². The first-order valence-corrected chi connectivity index (χ1v) is 8.75. The average molecular weight is 378 g/mol. The summed E-state index contributed by atoms with van der Waals surface area (Å²) < 4.78 is 5.57. The van der Waals surface area contributed by atoms with Crippen molar-refractivity contribution in [3.8, 4) is 0 Å². The van der Waals surface area contributed by atoms with Gasteiger partial charge in [0.2, 0.25) is 0 Å². The summed E-state index contributed by atoms with van der Waals surface area (Å²) in [6.07, 6.45) is 0.896. The van der Waals surface area contributed by atoms with Crippen molar-refractivity contribution < 1.29 is 4.74 Å². The van der Waals surface area contributed by atoms with Crippen molar-refractivity contribution in [2.45, 2.75) is 25.5 Å². The number of rotatable bonds is 3. The minimum absolute atomic E-state index is 0.00203. The predicted molar refractivity (Wildman–Crippen MR) is 98.4 cm³/mol. The number of anilines is 1. The van der Waals surface area contributed by atoms with Crippen molar-refractivity contribution in [3.05, 3.63) is 46.0 Å². The molecule has 0 spiro atoms. The molecule has 2 atom stereocenters. The van der Waals surface area contributed by atoms with Gasteiger partial charge in [0.05, 0.1) is 27.7 Å². The second-order valence-electron chi connectivity index (χ2n) is 6.14. The summed E-state index contributed by atoms with van der Waals surface area (Å²) in [4.78, 5) is 11.4. The van der Waals surface area contributed by atoms with Crippen LogP contribution in [0, 0.1) is 6.92 Å². The highest BCUT2D eigenvalue weighted by Gasteiger charge is 2.36. The minimum Gasteiger partial charge on any atom is -0.380 e. The highest BCUT2D eigenvalue weighted by atomic mass is 35.5. The number of aromatic amines is 1. The second-order valence-corrected chi connectivity index (χ2v) is 6.93. The standard InChI is InChI=1S/C17H17Cl2N5O/c1-9-20-17(23-22-9)13-7-11(25-2)8-24(13)14-6-4-10-3-5-12(18)15(19)16(10)21-14/h3-6,11,13H,7-8H2,1-2H3,(H,20,22,23)/t11-,13+/m1/s1. The van der Waals surface area contributed by atoms with Crippen LogP contribution in [0.15, 0.2) is 24.3 Å². The molecular formula is C17H17Cl2N5O. The zero-order valence-corrected chi connectivity index (χ0v) is 15.3. The minimum atomic E-state index is -0.00203. The van der Waals surface area contributed by atoms with Crippen LogP contribution in [0.25, 0.3) is 10.9 Å². The zero-order chi connectivity index (χ0) is 17.6. The summed E-state index contributed by atoms with van der Waals surface area (Å²) in [5, 5.41) is 9.15. The normalized spacial score (nSPS) is 20.6. The summed E-state index contributed by atoms with van der Waals surface area (Å²) in [5.74, 6) is 2.34. The van der Waals surface area contributed by atoms with Crippen molar-refractivity contribution in [1.82, 2.24) is 20.2 Å². The molecule has 0 amide bonds. The molecular weight excluding hydrogens is 361 g/mol. The van der Waals surface area contributed by atoms with E-state index < -0.39 is 0 Å². The SMILES string of the molecule is CO[C@@H]1C[C@@H](c2n[nH]c(C)n2)N(c2ccc3ccc(Cl)c(Cl)c3n2)C1. The Bertz CT molecular complexity index is 929. The van der Waals surface area contributed by atoms with Crippen LogP contribution in [0.4, 0.5) is 5.82 Å². The Morgan fingerprint density at radius 2 is 2.00 bits per heavy atom. The van der Waals surface area contributed by atoms with E-state index in [9.17, 15) is 0 Å². The highest BCUT2D eigenvalue weighted by molar-refractivity contribution is 6.45. The molecule has 3 heterocycles. The molecule has 0 aliphatic carbocycles. The maximum atomic E-state index is 6.35. The van der Waals surface area contributed by atoms with Crippen LogP contribution in [-0.2, 0) is 4.74 Å². The predicted octanol–water partition coefficient (Wildman–Crippen LogP) is 3.93. The molecule has 130 valence electrons. The summed E-state index contributed by atoms with van der Waals surface area (Å²) in [7, 11) is 1.72. The molecule has 0 bridgehead atoms. The van der Waals surface area contributed by atoms with Crippen LogP contribution in [0.5, 0.6) is 0 Å².